The van der Waals surface area contributed by atoms with Crippen LogP contribution in [0, 0.1) is 0 Å². The number of hydrogen-bond acceptors (Lipinski definition) is 3. The summed E-state index contributed by atoms with van der Waals surface area (Å²) in [5.41, 5.74) is 8.12. The van der Waals surface area contributed by atoms with Crippen molar-refractivity contribution in [1.82, 2.24) is 4.90 Å². The van der Waals surface area contributed by atoms with E-state index in [1.165, 1.54) is 5.56 Å². The van der Waals surface area contributed by atoms with Gasteiger partial charge in [-0.2, -0.15) is 0 Å². The predicted molar refractivity (Wildman–Crippen MR) is 106 cm³/mol. The molecule has 2 atom stereocenters. The van der Waals surface area contributed by atoms with Gasteiger partial charge in [-0.05, 0) is 23.8 Å². The van der Waals surface area contributed by atoms with Crippen LogP contribution < -0.4 is 11.1 Å². The molecule has 0 saturated carbocycles. The molecule has 25 heavy (non-hydrogen) atoms. The number of nitrogens with zero attached hydrogens (tertiary/aromatic N) is 1. The van der Waals surface area contributed by atoms with Crippen molar-refractivity contribution >= 4 is 47.2 Å². The average molecular weight is 401 g/mol. The molecule has 0 aliphatic carbocycles. The molecule has 0 radical (unpaired) electrons. The van der Waals surface area contributed by atoms with Crippen molar-refractivity contribution in [3.63, 3.8) is 0 Å². The Balaban J connectivity index is 0.00000225. The number of carbonyl (C=O) groups excluding carboxylic acids is 1. The lowest BCUT2D eigenvalue weighted by molar-refractivity contribution is -0.117. The number of anilines is 1. The van der Waals surface area contributed by atoms with Gasteiger partial charge in [0.1, 0.15) is 0 Å². The summed E-state index contributed by atoms with van der Waals surface area (Å²) in [5, 5.41) is 3.72. The van der Waals surface area contributed by atoms with Crippen LogP contribution in [-0.2, 0) is 4.79 Å². The van der Waals surface area contributed by atoms with E-state index in [0.717, 1.165) is 6.54 Å². The Kier molecular flexibility index (Phi) is 7.11. The minimum Gasteiger partial charge on any atom is -0.326 e. The van der Waals surface area contributed by atoms with Crippen LogP contribution in [0.3, 0.4) is 0 Å². The highest BCUT2D eigenvalue weighted by molar-refractivity contribution is 6.42. The topological polar surface area (TPSA) is 58.4 Å². The molecule has 3 rings (SSSR count). The van der Waals surface area contributed by atoms with Crippen LogP contribution in [-0.4, -0.2) is 36.5 Å². The Morgan fingerprint density at radius 2 is 1.84 bits per heavy atom. The summed E-state index contributed by atoms with van der Waals surface area (Å²) < 4.78 is 0. The summed E-state index contributed by atoms with van der Waals surface area (Å²) in [6.07, 6.45) is 0. The van der Waals surface area contributed by atoms with Gasteiger partial charge >= 0.3 is 0 Å². The van der Waals surface area contributed by atoms with Gasteiger partial charge in [0, 0.05) is 30.7 Å². The molecule has 1 amide bonds. The standard InChI is InChI=1S/C18H19Cl2N3O.ClH/c19-15-7-6-13(8-16(15)20)22-18(24)11-23-9-14(17(21)10-23)12-4-2-1-3-5-12;/h1-8,14,17H,9-11,21H2,(H,22,24);1H/t14-,17+;/m0./s1. The van der Waals surface area contributed by atoms with Crippen LogP contribution in [0.15, 0.2) is 48.5 Å². The summed E-state index contributed by atoms with van der Waals surface area (Å²) in [4.78, 5) is 14.3. The van der Waals surface area contributed by atoms with Gasteiger partial charge in [0.25, 0.3) is 0 Å². The Morgan fingerprint density at radius 3 is 2.52 bits per heavy atom. The third kappa shape index (κ3) is 5.09. The normalized spacial score (nSPS) is 20.1. The minimum absolute atomic E-state index is 0. The van der Waals surface area contributed by atoms with Crippen LogP contribution >= 0.6 is 35.6 Å². The van der Waals surface area contributed by atoms with Crippen molar-refractivity contribution in [3.05, 3.63) is 64.1 Å². The maximum absolute atomic E-state index is 12.2. The maximum atomic E-state index is 12.2. The second kappa shape index (κ2) is 8.88. The molecule has 1 heterocycles. The molecule has 2 aromatic rings. The fourth-order valence-electron chi connectivity index (χ4n) is 3.07. The number of hydrogen-bond donors (Lipinski definition) is 2. The number of likely N-dealkylation sites (tertiary alicyclic amines) is 1. The molecule has 0 bridgehead atoms. The lowest BCUT2D eigenvalue weighted by Crippen LogP contribution is -2.33. The van der Waals surface area contributed by atoms with Crippen LogP contribution in [0.5, 0.6) is 0 Å². The summed E-state index contributed by atoms with van der Waals surface area (Å²) >= 11 is 11.8. The molecule has 1 aliphatic rings. The van der Waals surface area contributed by atoms with Crippen molar-refractivity contribution in [2.45, 2.75) is 12.0 Å². The first-order valence-corrected chi connectivity index (χ1v) is 8.56. The zero-order valence-electron chi connectivity index (χ0n) is 13.5. The molecule has 0 aromatic heterocycles. The highest BCUT2D eigenvalue weighted by Crippen LogP contribution is 2.27. The minimum atomic E-state index is -0.0886. The fraction of sp³-hybridized carbons (Fsp3) is 0.278. The summed E-state index contributed by atoms with van der Waals surface area (Å²) in [7, 11) is 0. The van der Waals surface area contributed by atoms with Crippen LogP contribution in [0.1, 0.15) is 11.5 Å². The third-order valence-electron chi connectivity index (χ3n) is 4.24. The zero-order chi connectivity index (χ0) is 17.1. The molecular formula is C18H20Cl3N3O. The zero-order valence-corrected chi connectivity index (χ0v) is 15.8. The molecule has 1 saturated heterocycles. The van der Waals surface area contributed by atoms with E-state index in [-0.39, 0.29) is 30.3 Å². The first kappa shape index (κ1) is 20.0. The molecule has 3 N–H and O–H groups in total. The highest BCUT2D eigenvalue weighted by Gasteiger charge is 2.31. The second-order valence-electron chi connectivity index (χ2n) is 6.05. The average Bonchev–Trinajstić information content (AvgIpc) is 2.92. The van der Waals surface area contributed by atoms with Crippen molar-refractivity contribution < 1.29 is 4.79 Å². The van der Waals surface area contributed by atoms with E-state index in [1.807, 2.05) is 18.2 Å². The number of amides is 1. The van der Waals surface area contributed by atoms with E-state index in [2.05, 4.69) is 22.3 Å². The van der Waals surface area contributed by atoms with E-state index in [4.69, 9.17) is 28.9 Å². The van der Waals surface area contributed by atoms with E-state index in [9.17, 15) is 4.79 Å². The largest absolute Gasteiger partial charge is 0.326 e. The van der Waals surface area contributed by atoms with E-state index in [1.54, 1.807) is 18.2 Å². The smallest absolute Gasteiger partial charge is 0.238 e. The van der Waals surface area contributed by atoms with Crippen LogP contribution in [0.25, 0.3) is 0 Å². The Labute approximate surface area is 163 Å². The number of halogens is 3. The molecule has 7 heteroatoms. The van der Waals surface area contributed by atoms with Gasteiger partial charge in [-0.25, -0.2) is 0 Å². The molecule has 1 aliphatic heterocycles. The Bertz CT molecular complexity index is 727. The summed E-state index contributed by atoms with van der Waals surface area (Å²) in [5.74, 6) is 0.165. The maximum Gasteiger partial charge on any atom is 0.238 e. The first-order chi connectivity index (χ1) is 11.5. The number of nitrogens with two attached hydrogens (primary N) is 1. The van der Waals surface area contributed by atoms with Crippen LogP contribution in [0.4, 0.5) is 5.69 Å². The summed E-state index contributed by atoms with van der Waals surface area (Å²) in [6.45, 7) is 1.78. The van der Waals surface area contributed by atoms with Gasteiger partial charge in [-0.15, -0.1) is 12.4 Å². The van der Waals surface area contributed by atoms with Crippen molar-refractivity contribution in [3.8, 4) is 0 Å². The summed E-state index contributed by atoms with van der Waals surface area (Å²) in [6, 6.07) is 15.3. The lowest BCUT2D eigenvalue weighted by Gasteiger charge is -2.16. The Morgan fingerprint density at radius 1 is 1.12 bits per heavy atom. The van der Waals surface area contributed by atoms with Crippen LogP contribution in [0.2, 0.25) is 10.0 Å². The van der Waals surface area contributed by atoms with Crippen molar-refractivity contribution in [2.24, 2.45) is 5.73 Å². The monoisotopic (exact) mass is 399 g/mol. The number of carbonyl (C=O) groups is 1. The third-order valence-corrected chi connectivity index (χ3v) is 4.98. The molecule has 1 fully saturated rings. The number of nitrogens with one attached hydrogen (secondary N) is 1. The van der Waals surface area contributed by atoms with Gasteiger partial charge in [0.05, 0.1) is 16.6 Å². The van der Waals surface area contributed by atoms with Gasteiger partial charge in [0.2, 0.25) is 5.91 Å². The first-order valence-electron chi connectivity index (χ1n) is 7.80. The number of benzene rings is 2. The lowest BCUT2D eigenvalue weighted by atomic mass is 9.95. The molecule has 2 aromatic carbocycles. The van der Waals surface area contributed by atoms with Gasteiger partial charge in [-0.1, -0.05) is 53.5 Å². The molecule has 0 spiro atoms. The van der Waals surface area contributed by atoms with Gasteiger partial charge in [-0.3, -0.25) is 9.69 Å². The van der Waals surface area contributed by atoms with Gasteiger partial charge < -0.3 is 11.1 Å². The Hall–Kier alpha value is -1.30. The fourth-order valence-corrected chi connectivity index (χ4v) is 3.37. The molecule has 134 valence electrons. The molecule has 4 nitrogen and oxygen atoms in total. The van der Waals surface area contributed by atoms with Gasteiger partial charge in [0.15, 0.2) is 0 Å². The van der Waals surface area contributed by atoms with E-state index >= 15 is 0 Å². The SMILES string of the molecule is Cl.N[C@@H]1CN(CC(=O)Nc2ccc(Cl)c(Cl)c2)C[C@H]1c1ccccc1. The van der Waals surface area contributed by atoms with Crippen molar-refractivity contribution in [2.75, 3.05) is 25.0 Å². The van der Waals surface area contributed by atoms with E-state index in [0.29, 0.717) is 28.8 Å². The molecule has 0 unspecified atom stereocenters. The van der Waals surface area contributed by atoms with Crippen molar-refractivity contribution in [1.29, 1.82) is 0 Å². The second-order valence-corrected chi connectivity index (χ2v) is 6.87. The number of rotatable bonds is 4. The quantitative estimate of drug-likeness (QED) is 0.821. The molecular weight excluding hydrogens is 381 g/mol. The highest BCUT2D eigenvalue weighted by atomic mass is 35.5. The predicted octanol–water partition coefficient (Wildman–Crippen LogP) is 3.78. The van der Waals surface area contributed by atoms with E-state index < -0.39 is 0 Å².